The van der Waals surface area contributed by atoms with Gasteiger partial charge in [0.05, 0.1) is 85.2 Å². The summed E-state index contributed by atoms with van der Waals surface area (Å²) in [7, 11) is 5.78. The van der Waals surface area contributed by atoms with Crippen LogP contribution in [0.15, 0.2) is 102 Å². The van der Waals surface area contributed by atoms with Crippen LogP contribution in [-0.4, -0.2) is 189 Å². The summed E-state index contributed by atoms with van der Waals surface area (Å²) in [6.07, 6.45) is -8.45. The van der Waals surface area contributed by atoms with Crippen LogP contribution in [0, 0.1) is 23.7 Å². The van der Waals surface area contributed by atoms with Crippen molar-refractivity contribution in [1.29, 1.82) is 0 Å². The van der Waals surface area contributed by atoms with Gasteiger partial charge in [-0.25, -0.2) is 0 Å². The number of fused-ring (bicyclic) bond motifs is 7. The first kappa shape index (κ1) is 68.6. The number of anilines is 2. The summed E-state index contributed by atoms with van der Waals surface area (Å²) in [6.45, 7) is 3.61. The number of esters is 1. The van der Waals surface area contributed by atoms with E-state index >= 15 is 0 Å². The number of para-hydroxylation sites is 2. The van der Waals surface area contributed by atoms with E-state index in [9.17, 15) is 64.8 Å². The second-order valence-electron chi connectivity index (χ2n) is 23.7. The maximum absolute atomic E-state index is 13.7. The highest BCUT2D eigenvalue weighted by atomic mass is 35.5. The zero-order valence-electron chi connectivity index (χ0n) is 51.1. The number of halogens is 2. The van der Waals surface area contributed by atoms with E-state index in [0.717, 1.165) is 0 Å². The number of nitrogens with one attached hydrogen (secondary N) is 1. The number of rotatable bonds is 11. The van der Waals surface area contributed by atoms with Crippen LogP contribution in [0.5, 0.6) is 34.5 Å². The van der Waals surface area contributed by atoms with E-state index < -0.39 is 148 Å². The van der Waals surface area contributed by atoms with Gasteiger partial charge in [-0.15, -0.1) is 0 Å². The Morgan fingerprint density at radius 1 is 0.787 bits per heavy atom. The molecule has 0 radical (unpaired) electrons. The largest absolute Gasteiger partial charge is 0.508 e. The standard InChI is InChI=1S/C29H32O13.C22H24N2O8.C14H11Cl2NO2.H2O/c1-11-36-9-20-27(40-11)24(31)25(32)29(41-20)42-26-14-7-17-16(38-10-39-17)6-13(14)21(22-15(26)8-37-28(22)33)12-4-18(34-2)23(30)19(5-12)35-3;1-7-8-5-4-6-9(25)11(8)16(26)12-10(7)17(27)14-15(24(2)3)18(28)13(21(23)31)20(30)22(14,32)19(12)29;15-10-5-3-6-11(16)14(10)17-12-7-2-1-4-9(12)8-13(18)19;/h4-7,11,15,20-22,24-27,29-32H,8-10H2,1-3H3;4-7,10,14-15,17,25-27,30,32H,1-3H3,(H2,23,31);1-7,17H,8H2,(H,18,19);1H2/t11-,15+,20-,21-,22+,24-,25-,26-,27-,29+;7-,10+,14+,15-,17-,22-;;/m10../s1. The van der Waals surface area contributed by atoms with Gasteiger partial charge in [-0.3, -0.25) is 28.9 Å². The van der Waals surface area contributed by atoms with Crippen molar-refractivity contribution in [2.24, 2.45) is 29.4 Å². The number of aliphatic hydroxyl groups is 6. The number of carboxylic acids is 1. The van der Waals surface area contributed by atoms with Gasteiger partial charge in [-0.2, -0.15) is 0 Å². The number of Topliss-reactive ketones (excluding diaryl/α,β-unsaturated/α-hetero) is 2. The Morgan fingerprint density at radius 3 is 2.05 bits per heavy atom. The molecule has 29 heteroatoms. The summed E-state index contributed by atoms with van der Waals surface area (Å²) in [5.41, 5.74) is 5.41. The lowest BCUT2D eigenvalue weighted by Crippen LogP contribution is -2.70. The highest BCUT2D eigenvalue weighted by Gasteiger charge is 2.68. The second-order valence-corrected chi connectivity index (χ2v) is 24.5. The number of amides is 1. The molecule has 94 heavy (non-hydrogen) atoms. The SMILES string of the molecule is COc1cc([C@@H]2c3cc4c(cc3[C@@H](O[C@@H]3O[C@@H]5CO[C@@H](C)O[C@H]5[C@H](O)[C@H]3O)[C@H]3COC(=O)[C@H]23)OCO4)cc(OC)c1O.C[C@H]1c2cccc(O)c2C(O)=C2C(=O)[C@]3(O)C(O)=C(C(N)=O)C(=O)[C@@H](N(C)C)[C@@H]3[C@@H](O)[C@@H]21.O.O=C(O)Cc1ccccc1Nc1c(Cl)cccc1Cl. The monoisotopic (exact) mass is 1350 g/mol. The summed E-state index contributed by atoms with van der Waals surface area (Å²) < 4.78 is 51.5. The Labute approximate surface area is 546 Å². The van der Waals surface area contributed by atoms with Crippen molar-refractivity contribution >= 4 is 69.7 Å². The molecular formula is C65H69Cl2N3O24. The summed E-state index contributed by atoms with van der Waals surface area (Å²) in [6, 6.07) is 22.4. The van der Waals surface area contributed by atoms with Crippen molar-refractivity contribution in [3.63, 3.8) is 0 Å². The smallest absolute Gasteiger partial charge is 0.310 e. The summed E-state index contributed by atoms with van der Waals surface area (Å²) in [4.78, 5) is 64.2. The molecule has 1 amide bonds. The van der Waals surface area contributed by atoms with Crippen LogP contribution in [-0.2, 0) is 54.1 Å². The van der Waals surface area contributed by atoms with Crippen LogP contribution < -0.4 is 30.0 Å². The molecule has 3 saturated heterocycles. The van der Waals surface area contributed by atoms with Crippen molar-refractivity contribution in [3.8, 4) is 34.5 Å². The number of benzene rings is 5. The van der Waals surface area contributed by atoms with Crippen molar-refractivity contribution in [2.75, 3.05) is 53.6 Å². The van der Waals surface area contributed by atoms with Crippen molar-refractivity contribution < 1.29 is 118 Å². The van der Waals surface area contributed by atoms with Gasteiger partial charge < -0.3 is 105 Å². The molecule has 4 aliphatic carbocycles. The molecule has 13 rings (SSSR count). The number of carboxylic acid groups (broad SMARTS) is 1. The van der Waals surface area contributed by atoms with Gasteiger partial charge in [0.15, 0.2) is 47.0 Å². The molecule has 5 aromatic rings. The van der Waals surface area contributed by atoms with Gasteiger partial charge in [0.2, 0.25) is 18.3 Å². The molecule has 502 valence electrons. The number of aliphatic carboxylic acids is 1. The minimum absolute atomic E-state index is 0. The molecule has 0 bridgehead atoms. The Hall–Kier alpha value is -8.29. The number of cyclic esters (lactones) is 1. The van der Waals surface area contributed by atoms with E-state index in [1.807, 2.05) is 6.07 Å². The predicted octanol–water partition coefficient (Wildman–Crippen LogP) is 4.37. The van der Waals surface area contributed by atoms with Crippen LogP contribution in [0.2, 0.25) is 10.0 Å². The quantitative estimate of drug-likeness (QED) is 0.0646. The second kappa shape index (κ2) is 26.8. The fraction of sp³-hybridized carbons (Fsp3) is 0.400. The first-order chi connectivity index (χ1) is 44.2. The number of hydrogen-bond donors (Lipinski definition) is 11. The Balaban J connectivity index is 0.000000164. The number of aromatic hydroxyl groups is 2. The van der Waals surface area contributed by atoms with Crippen LogP contribution in [0.4, 0.5) is 11.4 Å². The molecule has 4 heterocycles. The Morgan fingerprint density at radius 2 is 1.43 bits per heavy atom. The zero-order chi connectivity index (χ0) is 67.0. The van der Waals surface area contributed by atoms with Crippen LogP contribution in [0.25, 0.3) is 5.76 Å². The lowest BCUT2D eigenvalue weighted by atomic mass is 9.54. The number of aliphatic hydroxyl groups excluding tert-OH is 5. The van der Waals surface area contributed by atoms with E-state index in [1.165, 1.54) is 39.3 Å². The van der Waals surface area contributed by atoms with E-state index in [2.05, 4.69) is 5.32 Å². The summed E-state index contributed by atoms with van der Waals surface area (Å²) in [5.74, 6) is -10.8. The number of methoxy groups -OCH3 is 2. The van der Waals surface area contributed by atoms with E-state index in [4.69, 9.17) is 76.7 Å². The molecule has 4 aliphatic heterocycles. The van der Waals surface area contributed by atoms with E-state index in [0.29, 0.717) is 60.7 Å². The fourth-order valence-electron chi connectivity index (χ4n) is 14.0. The van der Waals surface area contributed by atoms with Crippen LogP contribution in [0.1, 0.15) is 65.2 Å². The molecule has 8 aliphatic rings. The van der Waals surface area contributed by atoms with Gasteiger partial charge in [0.25, 0.3) is 5.91 Å². The summed E-state index contributed by atoms with van der Waals surface area (Å²) in [5, 5.41) is 100. The molecular weight excluding hydrogens is 1280 g/mol. The number of ether oxygens (including phenoxy) is 9. The molecule has 0 aromatic heterocycles. The van der Waals surface area contributed by atoms with E-state index in [1.54, 1.807) is 86.6 Å². The minimum atomic E-state index is -2.89. The fourth-order valence-corrected chi connectivity index (χ4v) is 14.5. The number of phenols is 2. The third-order valence-corrected chi connectivity index (χ3v) is 19.0. The number of likely N-dealkylation sites (N-methyl/N-ethyl adjacent to an activating group) is 1. The highest BCUT2D eigenvalue weighted by molar-refractivity contribution is 6.39. The van der Waals surface area contributed by atoms with Crippen molar-refractivity contribution in [1.82, 2.24) is 4.90 Å². The van der Waals surface area contributed by atoms with Gasteiger partial charge in [-0.1, -0.05) is 66.5 Å². The van der Waals surface area contributed by atoms with Crippen molar-refractivity contribution in [3.05, 3.63) is 145 Å². The molecule has 4 fully saturated rings. The summed E-state index contributed by atoms with van der Waals surface area (Å²) >= 11 is 12.1. The minimum Gasteiger partial charge on any atom is -0.508 e. The maximum Gasteiger partial charge on any atom is 0.310 e. The highest BCUT2D eigenvalue weighted by Crippen LogP contribution is 2.59. The number of carbonyl (C=O) groups is 5. The third-order valence-electron chi connectivity index (χ3n) is 18.3. The molecule has 0 unspecified atom stereocenters. The Kier molecular flexibility index (Phi) is 19.6. The number of phenolic OH excluding ortho intramolecular Hbond substituents is 2. The van der Waals surface area contributed by atoms with E-state index in [-0.39, 0.29) is 60.5 Å². The number of nitrogens with two attached hydrogens (primary N) is 1. The maximum atomic E-state index is 13.7. The molecule has 5 aromatic carbocycles. The van der Waals surface area contributed by atoms with Gasteiger partial charge >= 0.3 is 11.9 Å². The predicted molar refractivity (Wildman–Crippen MR) is 330 cm³/mol. The first-order valence-corrected chi connectivity index (χ1v) is 30.1. The van der Waals surface area contributed by atoms with Gasteiger partial charge in [-0.05, 0) is 103 Å². The third kappa shape index (κ3) is 11.8. The number of ketones is 2. The first-order valence-electron chi connectivity index (χ1n) is 29.4. The van der Waals surface area contributed by atoms with Gasteiger partial charge in [0.1, 0.15) is 47.3 Å². The number of nitrogens with zero attached hydrogens (tertiary/aromatic N) is 1. The lowest BCUT2D eigenvalue weighted by molar-refractivity contribution is -0.364. The number of hydrogen-bond acceptors (Lipinski definition) is 24. The topological polar surface area (TPSA) is 423 Å². The molecule has 14 N–H and O–H groups in total. The average Bonchev–Trinajstić information content (AvgIpc) is 0.784. The molecule has 0 spiro atoms. The number of primary amides is 1. The normalized spacial score (nSPS) is 30.1. The molecule has 1 saturated carbocycles. The van der Waals surface area contributed by atoms with Crippen molar-refractivity contribution in [2.45, 2.75) is 93.0 Å². The Bertz CT molecular complexity index is 3850. The van der Waals surface area contributed by atoms with Crippen LogP contribution >= 0.6 is 23.2 Å². The lowest BCUT2D eigenvalue weighted by Gasteiger charge is -2.53. The molecule has 16 atom stereocenters. The average molecular weight is 1350 g/mol. The molecule has 27 nitrogen and oxygen atoms in total. The van der Waals surface area contributed by atoms with Gasteiger partial charge in [0, 0.05) is 29.0 Å². The van der Waals surface area contributed by atoms with Crippen LogP contribution in [0.3, 0.4) is 0 Å². The number of carbonyl (C=O) groups excluding carboxylic acids is 4. The zero-order valence-corrected chi connectivity index (χ0v) is 52.6.